The van der Waals surface area contributed by atoms with E-state index in [0.717, 1.165) is 12.1 Å². The molecule has 1 fully saturated rings. The summed E-state index contributed by atoms with van der Waals surface area (Å²) in [5.74, 6) is 0.818. The Morgan fingerprint density at radius 1 is 1.19 bits per heavy atom. The monoisotopic (exact) mass is 301 g/mol. The molecule has 2 unspecified atom stereocenters. The van der Waals surface area contributed by atoms with Crippen LogP contribution < -0.4 is 10.1 Å². The van der Waals surface area contributed by atoms with Crippen LogP contribution in [0.1, 0.15) is 33.6 Å². The summed E-state index contributed by atoms with van der Waals surface area (Å²) in [5.41, 5.74) is 1.26. The van der Waals surface area contributed by atoms with Crippen molar-refractivity contribution in [2.45, 2.75) is 45.8 Å². The van der Waals surface area contributed by atoms with Gasteiger partial charge in [-0.2, -0.15) is 13.2 Å². The number of hydrogen-bond donors (Lipinski definition) is 1. The summed E-state index contributed by atoms with van der Waals surface area (Å²) in [6, 6.07) is 7.08. The fourth-order valence-corrected chi connectivity index (χ4v) is 3.11. The van der Waals surface area contributed by atoms with Gasteiger partial charge in [-0.25, -0.2) is 0 Å². The van der Waals surface area contributed by atoms with Gasteiger partial charge in [0.05, 0.1) is 0 Å². The van der Waals surface area contributed by atoms with Crippen molar-refractivity contribution in [2.24, 2.45) is 11.3 Å². The minimum absolute atomic E-state index is 0.234. The van der Waals surface area contributed by atoms with Gasteiger partial charge in [-0.1, -0.05) is 20.8 Å². The highest BCUT2D eigenvalue weighted by Gasteiger charge is 2.36. The molecule has 0 aromatic heterocycles. The van der Waals surface area contributed by atoms with E-state index in [-0.39, 0.29) is 5.75 Å². The molecule has 2 rings (SSSR count). The molecule has 1 aliphatic carbocycles. The third-order valence-electron chi connectivity index (χ3n) is 3.94. The van der Waals surface area contributed by atoms with Gasteiger partial charge in [-0.15, -0.1) is 0 Å². The fourth-order valence-electron chi connectivity index (χ4n) is 3.11. The highest BCUT2D eigenvalue weighted by atomic mass is 19.4. The Labute approximate surface area is 123 Å². The second-order valence-electron chi connectivity index (χ2n) is 6.73. The first-order valence-electron chi connectivity index (χ1n) is 7.21. The lowest BCUT2D eigenvalue weighted by Crippen LogP contribution is -2.22. The number of rotatable bonds is 4. The van der Waals surface area contributed by atoms with Crippen LogP contribution in [0.15, 0.2) is 24.3 Å². The molecule has 0 heterocycles. The fraction of sp³-hybridized carbons (Fsp3) is 0.625. The Bertz CT molecular complexity index is 467. The van der Waals surface area contributed by atoms with Crippen molar-refractivity contribution in [1.82, 2.24) is 0 Å². The predicted molar refractivity (Wildman–Crippen MR) is 77.6 cm³/mol. The number of anilines is 1. The van der Waals surface area contributed by atoms with E-state index >= 15 is 0 Å². The molecule has 0 radical (unpaired) electrons. The lowest BCUT2D eigenvalue weighted by atomic mass is 9.91. The largest absolute Gasteiger partial charge is 0.484 e. The number of nitrogens with one attached hydrogen (secondary N) is 1. The van der Waals surface area contributed by atoms with Gasteiger partial charge in [0.15, 0.2) is 6.61 Å². The normalized spacial score (nSPS) is 24.9. The molecule has 1 aromatic rings. The van der Waals surface area contributed by atoms with E-state index in [4.69, 9.17) is 4.74 Å². The zero-order chi connectivity index (χ0) is 15.7. The summed E-state index contributed by atoms with van der Waals surface area (Å²) in [6.07, 6.45) is -2.03. The number of halogens is 3. The van der Waals surface area contributed by atoms with E-state index in [1.165, 1.54) is 6.42 Å². The van der Waals surface area contributed by atoms with Gasteiger partial charge in [0.2, 0.25) is 0 Å². The molecule has 0 bridgehead atoms. The van der Waals surface area contributed by atoms with E-state index in [9.17, 15) is 13.2 Å². The molecule has 0 amide bonds. The van der Waals surface area contributed by atoms with Crippen molar-refractivity contribution in [2.75, 3.05) is 11.9 Å². The Morgan fingerprint density at radius 3 is 2.29 bits per heavy atom. The van der Waals surface area contributed by atoms with Gasteiger partial charge in [-0.3, -0.25) is 0 Å². The summed E-state index contributed by atoms with van der Waals surface area (Å²) in [4.78, 5) is 0. The Morgan fingerprint density at radius 2 is 1.81 bits per heavy atom. The summed E-state index contributed by atoms with van der Waals surface area (Å²) in [6.45, 7) is 5.50. The Kier molecular flexibility index (Phi) is 4.40. The molecule has 21 heavy (non-hydrogen) atoms. The highest BCUT2D eigenvalue weighted by molar-refractivity contribution is 5.47. The SMILES string of the molecule is CC1CC(C)(C)CC1Nc1ccc(OCC(F)(F)F)cc1. The van der Waals surface area contributed by atoms with Crippen LogP contribution in [0.2, 0.25) is 0 Å². The van der Waals surface area contributed by atoms with E-state index in [0.29, 0.717) is 17.4 Å². The smallest absolute Gasteiger partial charge is 0.422 e. The van der Waals surface area contributed by atoms with Crippen LogP contribution in [0.3, 0.4) is 0 Å². The van der Waals surface area contributed by atoms with Crippen molar-refractivity contribution in [3.63, 3.8) is 0 Å². The average molecular weight is 301 g/mol. The minimum atomic E-state index is -4.30. The highest BCUT2D eigenvalue weighted by Crippen LogP contribution is 2.42. The number of benzene rings is 1. The Balaban J connectivity index is 1.91. The van der Waals surface area contributed by atoms with Crippen molar-refractivity contribution >= 4 is 5.69 Å². The van der Waals surface area contributed by atoms with E-state index in [1.54, 1.807) is 24.3 Å². The maximum Gasteiger partial charge on any atom is 0.422 e. The molecule has 0 aliphatic heterocycles. The van der Waals surface area contributed by atoms with Gasteiger partial charge in [0.25, 0.3) is 0 Å². The molecular weight excluding hydrogens is 279 g/mol. The topological polar surface area (TPSA) is 21.3 Å². The molecule has 1 aromatic carbocycles. The predicted octanol–water partition coefficient (Wildman–Crippen LogP) is 4.86. The molecule has 1 aliphatic rings. The molecule has 1 N–H and O–H groups in total. The van der Waals surface area contributed by atoms with Crippen LogP contribution in [0, 0.1) is 11.3 Å². The van der Waals surface area contributed by atoms with Crippen molar-refractivity contribution in [3.8, 4) is 5.75 Å². The summed E-state index contributed by atoms with van der Waals surface area (Å²) >= 11 is 0. The van der Waals surface area contributed by atoms with Crippen LogP contribution in [-0.2, 0) is 0 Å². The average Bonchev–Trinajstić information content (AvgIpc) is 2.60. The van der Waals surface area contributed by atoms with Crippen LogP contribution in [0.4, 0.5) is 18.9 Å². The maximum absolute atomic E-state index is 12.1. The maximum atomic E-state index is 12.1. The zero-order valence-corrected chi connectivity index (χ0v) is 12.6. The first kappa shape index (κ1) is 16.0. The number of ether oxygens (including phenoxy) is 1. The first-order valence-corrected chi connectivity index (χ1v) is 7.21. The molecule has 118 valence electrons. The van der Waals surface area contributed by atoms with Gasteiger partial charge in [0, 0.05) is 11.7 Å². The van der Waals surface area contributed by atoms with Crippen LogP contribution in [0.25, 0.3) is 0 Å². The van der Waals surface area contributed by atoms with Crippen LogP contribution >= 0.6 is 0 Å². The second-order valence-corrected chi connectivity index (χ2v) is 6.73. The zero-order valence-electron chi connectivity index (χ0n) is 12.6. The van der Waals surface area contributed by atoms with E-state index in [2.05, 4.69) is 26.1 Å². The lowest BCUT2D eigenvalue weighted by molar-refractivity contribution is -0.153. The van der Waals surface area contributed by atoms with Crippen LogP contribution in [-0.4, -0.2) is 18.8 Å². The Hall–Kier alpha value is -1.39. The number of hydrogen-bond acceptors (Lipinski definition) is 2. The molecule has 1 saturated carbocycles. The van der Waals surface area contributed by atoms with Crippen LogP contribution in [0.5, 0.6) is 5.75 Å². The first-order chi connectivity index (χ1) is 9.65. The van der Waals surface area contributed by atoms with Gasteiger partial charge >= 0.3 is 6.18 Å². The van der Waals surface area contributed by atoms with E-state index in [1.807, 2.05) is 0 Å². The molecule has 5 heteroatoms. The van der Waals surface area contributed by atoms with Gasteiger partial charge in [0.1, 0.15) is 5.75 Å². The van der Waals surface area contributed by atoms with Crippen molar-refractivity contribution in [3.05, 3.63) is 24.3 Å². The summed E-state index contributed by atoms with van der Waals surface area (Å²) in [7, 11) is 0. The quantitative estimate of drug-likeness (QED) is 0.857. The molecule has 2 nitrogen and oxygen atoms in total. The third kappa shape index (κ3) is 4.83. The number of alkyl halides is 3. The summed E-state index contributed by atoms with van der Waals surface area (Å²) in [5, 5.41) is 3.47. The van der Waals surface area contributed by atoms with Crippen molar-refractivity contribution < 1.29 is 17.9 Å². The third-order valence-corrected chi connectivity index (χ3v) is 3.94. The standard InChI is InChI=1S/C16H22F3NO/c1-11-8-15(2,3)9-14(11)20-12-4-6-13(7-5-12)21-10-16(17,18)19/h4-7,11,14,20H,8-10H2,1-3H3. The molecule has 0 spiro atoms. The van der Waals surface area contributed by atoms with E-state index < -0.39 is 12.8 Å². The van der Waals surface area contributed by atoms with Gasteiger partial charge < -0.3 is 10.1 Å². The molecule has 2 atom stereocenters. The lowest BCUT2D eigenvalue weighted by Gasteiger charge is -2.20. The summed E-state index contributed by atoms with van der Waals surface area (Å²) < 4.78 is 40.9. The molecular formula is C16H22F3NO. The second kappa shape index (κ2) is 5.78. The molecule has 0 saturated heterocycles. The minimum Gasteiger partial charge on any atom is -0.484 e. The van der Waals surface area contributed by atoms with Gasteiger partial charge in [-0.05, 0) is 48.4 Å². The van der Waals surface area contributed by atoms with Crippen molar-refractivity contribution in [1.29, 1.82) is 0 Å².